The topological polar surface area (TPSA) is 80.3 Å². The van der Waals surface area contributed by atoms with Gasteiger partial charge in [0.1, 0.15) is 5.69 Å². The number of ketones is 1. The Hall–Kier alpha value is -2.97. The summed E-state index contributed by atoms with van der Waals surface area (Å²) in [6, 6.07) is 5.66. The van der Waals surface area contributed by atoms with Crippen molar-refractivity contribution in [3.05, 3.63) is 46.9 Å². The maximum Gasteiger partial charge on any atom is 0.202 e. The number of fused-ring (bicyclic) bond motifs is 2. The van der Waals surface area contributed by atoms with Gasteiger partial charge >= 0.3 is 0 Å². The second-order valence-corrected chi connectivity index (χ2v) is 7.95. The van der Waals surface area contributed by atoms with Crippen LogP contribution in [0.3, 0.4) is 0 Å². The molecule has 0 fully saturated rings. The summed E-state index contributed by atoms with van der Waals surface area (Å²) < 4.78 is 2.63. The van der Waals surface area contributed by atoms with Crippen LogP contribution in [0.1, 0.15) is 15.9 Å². The number of nitrogens with one attached hydrogen (secondary N) is 1. The maximum absolute atomic E-state index is 13.4. The summed E-state index contributed by atoms with van der Waals surface area (Å²) in [5, 5.41) is 21.0. The fourth-order valence-electron chi connectivity index (χ4n) is 3.72. The molecular formula is C21H26N6O2. The lowest BCUT2D eigenvalue weighted by Crippen LogP contribution is -2.28. The summed E-state index contributed by atoms with van der Waals surface area (Å²) in [6.07, 6.45) is 2.77. The average Bonchev–Trinajstić information content (AvgIpc) is 3.03. The van der Waals surface area contributed by atoms with Crippen LogP contribution in [0.2, 0.25) is 0 Å². The van der Waals surface area contributed by atoms with Gasteiger partial charge in [-0.3, -0.25) is 9.48 Å². The Morgan fingerprint density at radius 2 is 1.86 bits per heavy atom. The minimum atomic E-state index is -0.136. The van der Waals surface area contributed by atoms with E-state index in [2.05, 4.69) is 15.1 Å². The maximum atomic E-state index is 13.4. The summed E-state index contributed by atoms with van der Waals surface area (Å²) >= 11 is 0. The third kappa shape index (κ3) is 3.45. The first kappa shape index (κ1) is 19.4. The van der Waals surface area contributed by atoms with Crippen LogP contribution in [0.5, 0.6) is 0 Å². The van der Waals surface area contributed by atoms with Crippen molar-refractivity contribution in [2.45, 2.75) is 6.54 Å². The molecule has 2 heterocycles. The van der Waals surface area contributed by atoms with Gasteiger partial charge in [-0.25, -0.2) is 0 Å². The van der Waals surface area contributed by atoms with Gasteiger partial charge in [-0.2, -0.15) is 9.83 Å². The predicted molar refractivity (Wildman–Crippen MR) is 113 cm³/mol. The smallest absolute Gasteiger partial charge is 0.202 e. The van der Waals surface area contributed by atoms with Crippen LogP contribution in [-0.4, -0.2) is 73.2 Å². The number of anilines is 1. The Kier molecular flexibility index (Phi) is 4.97. The number of hydrogen-bond acceptors (Lipinski definition) is 6. The number of pyridine rings is 1. The van der Waals surface area contributed by atoms with Crippen LogP contribution in [0.4, 0.5) is 5.69 Å². The van der Waals surface area contributed by atoms with Crippen molar-refractivity contribution in [2.75, 3.05) is 53.1 Å². The molecule has 3 aromatic rings. The predicted octanol–water partition coefficient (Wildman–Crippen LogP) is 1.42. The third-order valence-electron chi connectivity index (χ3n) is 5.21. The Morgan fingerprint density at radius 3 is 2.59 bits per heavy atom. The van der Waals surface area contributed by atoms with Crippen LogP contribution >= 0.6 is 0 Å². The fourth-order valence-corrected chi connectivity index (χ4v) is 3.72. The first-order valence-electron chi connectivity index (χ1n) is 9.71. The molecule has 29 heavy (non-hydrogen) atoms. The Morgan fingerprint density at radius 1 is 1.10 bits per heavy atom. The quantitative estimate of drug-likeness (QED) is 0.377. The van der Waals surface area contributed by atoms with Crippen LogP contribution in [-0.2, 0) is 6.54 Å². The van der Waals surface area contributed by atoms with E-state index in [1.807, 2.05) is 45.0 Å². The van der Waals surface area contributed by atoms with Gasteiger partial charge in [-0.05, 0) is 40.3 Å². The van der Waals surface area contributed by atoms with Gasteiger partial charge in [0.15, 0.2) is 12.4 Å². The monoisotopic (exact) mass is 394 g/mol. The van der Waals surface area contributed by atoms with Crippen LogP contribution < -0.4 is 10.0 Å². The summed E-state index contributed by atoms with van der Waals surface area (Å²) in [5.74, 6) is -0.136. The molecule has 0 atom stereocenters. The molecule has 0 aliphatic heterocycles. The standard InChI is InChI=1S/C21H26N6O2/c1-24(2)10-8-22-16-5-6-17-19-18(16)21(28)15-13-26(29)9-7-14(15)20(19)23-27(17)12-11-25(3)4/h5-7,9,13,22H,8,10-12H2,1-4H3. The molecule has 0 saturated heterocycles. The zero-order valence-corrected chi connectivity index (χ0v) is 17.3. The van der Waals surface area contributed by atoms with E-state index in [9.17, 15) is 10.0 Å². The number of rotatable bonds is 7. The second kappa shape index (κ2) is 7.46. The largest absolute Gasteiger partial charge is 0.619 e. The molecule has 0 amide bonds. The molecule has 1 aliphatic carbocycles. The molecule has 0 saturated carbocycles. The molecule has 1 aliphatic rings. The molecule has 8 nitrogen and oxygen atoms in total. The zero-order valence-electron chi connectivity index (χ0n) is 17.3. The van der Waals surface area contributed by atoms with E-state index in [0.29, 0.717) is 34.5 Å². The van der Waals surface area contributed by atoms with E-state index in [1.54, 1.807) is 6.07 Å². The number of hydrogen-bond donors (Lipinski definition) is 1. The molecule has 1 N–H and O–H groups in total. The molecular weight excluding hydrogens is 368 g/mol. The van der Waals surface area contributed by atoms with Crippen LogP contribution in [0.15, 0.2) is 30.6 Å². The molecule has 8 heteroatoms. The third-order valence-corrected chi connectivity index (χ3v) is 5.21. The summed E-state index contributed by atoms with van der Waals surface area (Å²) in [7, 11) is 8.07. The zero-order chi connectivity index (χ0) is 20.7. The molecule has 4 rings (SSSR count). The number of carbonyl (C=O) groups is 1. The van der Waals surface area contributed by atoms with Crippen molar-refractivity contribution in [1.82, 2.24) is 19.6 Å². The van der Waals surface area contributed by atoms with Crippen molar-refractivity contribution < 1.29 is 9.52 Å². The second-order valence-electron chi connectivity index (χ2n) is 7.95. The van der Waals surface area contributed by atoms with Crippen LogP contribution in [0.25, 0.3) is 22.2 Å². The van der Waals surface area contributed by atoms with Gasteiger partial charge in [0.2, 0.25) is 5.78 Å². The Bertz CT molecular complexity index is 1090. The van der Waals surface area contributed by atoms with Crippen molar-refractivity contribution in [3.8, 4) is 11.3 Å². The number of aromatic nitrogens is 3. The lowest BCUT2D eigenvalue weighted by atomic mass is 9.87. The number of nitrogens with zero attached hydrogens (tertiary/aromatic N) is 5. The molecule has 152 valence electrons. The molecule has 1 aromatic carbocycles. The minimum Gasteiger partial charge on any atom is -0.619 e. The first-order chi connectivity index (χ1) is 13.9. The van der Waals surface area contributed by atoms with Crippen molar-refractivity contribution in [3.63, 3.8) is 0 Å². The lowest BCUT2D eigenvalue weighted by Gasteiger charge is -2.19. The SMILES string of the molecule is CN(C)CCNc1ccc2c3c(nn2CCN(C)C)-c2cc[n+]([O-])cc2C(=O)c13. The normalized spacial score (nSPS) is 12.8. The number of benzene rings is 1. The molecule has 2 aromatic heterocycles. The Labute approximate surface area is 169 Å². The lowest BCUT2D eigenvalue weighted by molar-refractivity contribution is -0.605. The molecule has 0 bridgehead atoms. The van der Waals surface area contributed by atoms with E-state index in [4.69, 9.17) is 5.10 Å². The highest BCUT2D eigenvalue weighted by Crippen LogP contribution is 2.41. The van der Waals surface area contributed by atoms with Gasteiger partial charge in [-0.1, -0.05) is 0 Å². The first-order valence-corrected chi connectivity index (χ1v) is 9.71. The van der Waals surface area contributed by atoms with Gasteiger partial charge in [-0.15, -0.1) is 0 Å². The number of likely N-dealkylation sites (N-methyl/N-ethyl adjacent to an activating group) is 2. The summed E-state index contributed by atoms with van der Waals surface area (Å²) in [6.45, 7) is 3.11. The number of carbonyl (C=O) groups excluding carboxylic acids is 1. The van der Waals surface area contributed by atoms with E-state index >= 15 is 0 Å². The highest BCUT2D eigenvalue weighted by Gasteiger charge is 2.32. The van der Waals surface area contributed by atoms with Gasteiger partial charge in [0, 0.05) is 42.3 Å². The van der Waals surface area contributed by atoms with Crippen molar-refractivity contribution in [2.24, 2.45) is 0 Å². The summed E-state index contributed by atoms with van der Waals surface area (Å²) in [4.78, 5) is 17.6. The highest BCUT2D eigenvalue weighted by molar-refractivity contribution is 6.27. The van der Waals surface area contributed by atoms with E-state index in [-0.39, 0.29) is 5.78 Å². The molecule has 0 unspecified atom stereocenters. The summed E-state index contributed by atoms with van der Waals surface area (Å²) in [5.41, 5.74) is 4.20. The minimum absolute atomic E-state index is 0.136. The van der Waals surface area contributed by atoms with Gasteiger partial charge in [0.25, 0.3) is 0 Å². The van der Waals surface area contributed by atoms with Gasteiger partial charge in [0.05, 0.1) is 23.2 Å². The van der Waals surface area contributed by atoms with E-state index in [0.717, 1.165) is 35.4 Å². The highest BCUT2D eigenvalue weighted by atomic mass is 16.5. The fraction of sp³-hybridized carbons (Fsp3) is 0.381. The molecule has 0 radical (unpaired) electrons. The van der Waals surface area contributed by atoms with E-state index in [1.165, 1.54) is 12.4 Å². The van der Waals surface area contributed by atoms with Gasteiger partial charge < -0.3 is 20.3 Å². The molecule has 0 spiro atoms. The van der Waals surface area contributed by atoms with Crippen LogP contribution in [0, 0.1) is 5.21 Å². The van der Waals surface area contributed by atoms with E-state index < -0.39 is 0 Å². The average molecular weight is 394 g/mol. The van der Waals surface area contributed by atoms with Crippen molar-refractivity contribution >= 4 is 22.4 Å². The Balaban J connectivity index is 1.89. The van der Waals surface area contributed by atoms with Crippen molar-refractivity contribution in [1.29, 1.82) is 0 Å².